The Balaban J connectivity index is 1.63. The Hall–Kier alpha value is -0.680. The molecular formula is C9H16N4S. The average Bonchev–Trinajstić information content (AvgIpc) is 2.91. The first-order valence-corrected chi connectivity index (χ1v) is 5.95. The maximum Gasteiger partial charge on any atom is 0.202 e. The molecule has 0 saturated heterocycles. The fourth-order valence-corrected chi connectivity index (χ4v) is 1.88. The Morgan fingerprint density at radius 2 is 2.29 bits per heavy atom. The van der Waals surface area contributed by atoms with Crippen LogP contribution in [-0.2, 0) is 6.42 Å². The highest BCUT2D eigenvalue weighted by molar-refractivity contribution is 7.09. The number of hydrogen-bond acceptors (Lipinski definition) is 5. The predicted octanol–water partition coefficient (Wildman–Crippen LogP) is 1.26. The molecule has 1 saturated carbocycles. The number of nitrogens with one attached hydrogen (secondary N) is 2. The van der Waals surface area contributed by atoms with Gasteiger partial charge < -0.3 is 10.6 Å². The van der Waals surface area contributed by atoms with Gasteiger partial charge in [0.05, 0.1) is 0 Å². The fraction of sp³-hybridized carbons (Fsp3) is 0.778. The number of nitrogens with zero attached hydrogens (tertiary/aromatic N) is 2. The summed E-state index contributed by atoms with van der Waals surface area (Å²) in [5, 5.41) is 7.65. The number of aryl methyl sites for hydroxylation is 1. The van der Waals surface area contributed by atoms with Crippen LogP contribution < -0.4 is 10.6 Å². The topological polar surface area (TPSA) is 49.8 Å². The minimum absolute atomic E-state index is 0.789. The fourth-order valence-electron chi connectivity index (χ4n) is 1.20. The standard InChI is InChI=1S/C9H16N4S/c1-2-8-12-9(14-13-8)11-6-5-10-7-3-4-7/h7,10H,2-6H2,1H3,(H,11,12,13). The van der Waals surface area contributed by atoms with Crippen molar-refractivity contribution in [2.75, 3.05) is 18.4 Å². The summed E-state index contributed by atoms with van der Waals surface area (Å²) in [5.41, 5.74) is 0. The van der Waals surface area contributed by atoms with Crippen LogP contribution in [-0.4, -0.2) is 28.5 Å². The highest BCUT2D eigenvalue weighted by Crippen LogP contribution is 2.18. The van der Waals surface area contributed by atoms with E-state index >= 15 is 0 Å². The summed E-state index contributed by atoms with van der Waals surface area (Å²) in [6.07, 6.45) is 3.61. The lowest BCUT2D eigenvalue weighted by molar-refractivity contribution is 0.701. The Morgan fingerprint density at radius 3 is 2.93 bits per heavy atom. The molecule has 1 aliphatic carbocycles. The number of rotatable bonds is 6. The molecule has 2 rings (SSSR count). The molecule has 0 unspecified atom stereocenters. The summed E-state index contributed by atoms with van der Waals surface area (Å²) in [7, 11) is 0. The lowest BCUT2D eigenvalue weighted by atomic mass is 10.5. The Morgan fingerprint density at radius 1 is 1.43 bits per heavy atom. The molecule has 1 aliphatic rings. The number of hydrogen-bond donors (Lipinski definition) is 2. The van der Waals surface area contributed by atoms with E-state index in [1.807, 2.05) is 0 Å². The zero-order valence-electron chi connectivity index (χ0n) is 8.42. The first-order valence-electron chi connectivity index (χ1n) is 5.18. The molecule has 4 nitrogen and oxygen atoms in total. The van der Waals surface area contributed by atoms with Gasteiger partial charge in [0.25, 0.3) is 0 Å². The van der Waals surface area contributed by atoms with Crippen LogP contribution in [0, 0.1) is 0 Å². The van der Waals surface area contributed by atoms with Crippen molar-refractivity contribution < 1.29 is 0 Å². The van der Waals surface area contributed by atoms with Crippen molar-refractivity contribution in [3.05, 3.63) is 5.82 Å². The van der Waals surface area contributed by atoms with Crippen LogP contribution in [0.1, 0.15) is 25.6 Å². The third kappa shape index (κ3) is 2.92. The van der Waals surface area contributed by atoms with Gasteiger partial charge in [-0.15, -0.1) is 0 Å². The summed E-state index contributed by atoms with van der Waals surface area (Å²) in [6, 6.07) is 0.789. The number of aromatic nitrogens is 2. The predicted molar refractivity (Wildman–Crippen MR) is 58.8 cm³/mol. The van der Waals surface area contributed by atoms with Crippen molar-refractivity contribution in [1.29, 1.82) is 0 Å². The zero-order chi connectivity index (χ0) is 9.80. The second-order valence-corrected chi connectivity index (χ2v) is 4.28. The van der Waals surface area contributed by atoms with Gasteiger partial charge in [-0.2, -0.15) is 4.37 Å². The lowest BCUT2D eigenvalue weighted by Gasteiger charge is -2.02. The number of anilines is 1. The molecule has 0 bridgehead atoms. The van der Waals surface area contributed by atoms with Crippen LogP contribution >= 0.6 is 11.5 Å². The van der Waals surface area contributed by atoms with Gasteiger partial charge in [-0.25, -0.2) is 4.98 Å². The van der Waals surface area contributed by atoms with E-state index in [2.05, 4.69) is 26.9 Å². The summed E-state index contributed by atoms with van der Waals surface area (Å²) in [4.78, 5) is 4.33. The van der Waals surface area contributed by atoms with Gasteiger partial charge in [0.15, 0.2) is 0 Å². The molecule has 14 heavy (non-hydrogen) atoms. The van der Waals surface area contributed by atoms with E-state index in [1.165, 1.54) is 24.4 Å². The van der Waals surface area contributed by atoms with Crippen molar-refractivity contribution in [2.24, 2.45) is 0 Å². The molecule has 0 amide bonds. The van der Waals surface area contributed by atoms with E-state index in [9.17, 15) is 0 Å². The normalized spacial score (nSPS) is 15.8. The van der Waals surface area contributed by atoms with Crippen LogP contribution in [0.25, 0.3) is 0 Å². The molecule has 1 heterocycles. The third-order valence-electron chi connectivity index (χ3n) is 2.20. The Kier molecular flexibility index (Phi) is 3.31. The van der Waals surface area contributed by atoms with E-state index in [0.717, 1.165) is 36.5 Å². The largest absolute Gasteiger partial charge is 0.359 e. The highest BCUT2D eigenvalue weighted by Gasteiger charge is 2.19. The molecule has 0 spiro atoms. The van der Waals surface area contributed by atoms with E-state index < -0.39 is 0 Å². The van der Waals surface area contributed by atoms with Gasteiger partial charge in [-0.3, -0.25) is 0 Å². The van der Waals surface area contributed by atoms with Crippen molar-refractivity contribution >= 4 is 16.7 Å². The molecule has 0 aromatic carbocycles. The average molecular weight is 212 g/mol. The maximum atomic E-state index is 4.33. The van der Waals surface area contributed by atoms with Gasteiger partial charge >= 0.3 is 0 Å². The minimum atomic E-state index is 0.789. The molecule has 1 fully saturated rings. The van der Waals surface area contributed by atoms with Crippen molar-refractivity contribution in [1.82, 2.24) is 14.7 Å². The quantitative estimate of drug-likeness (QED) is 0.697. The van der Waals surface area contributed by atoms with Crippen molar-refractivity contribution in [3.63, 3.8) is 0 Å². The van der Waals surface area contributed by atoms with E-state index in [1.54, 1.807) is 0 Å². The molecule has 0 atom stereocenters. The molecular weight excluding hydrogens is 196 g/mol. The van der Waals surface area contributed by atoms with E-state index in [-0.39, 0.29) is 0 Å². The molecule has 2 N–H and O–H groups in total. The highest BCUT2D eigenvalue weighted by atomic mass is 32.1. The van der Waals surface area contributed by atoms with Gasteiger partial charge in [0.2, 0.25) is 5.13 Å². The molecule has 5 heteroatoms. The van der Waals surface area contributed by atoms with E-state index in [4.69, 9.17) is 0 Å². The lowest BCUT2D eigenvalue weighted by Crippen LogP contribution is -2.23. The summed E-state index contributed by atoms with van der Waals surface area (Å²) >= 11 is 1.45. The van der Waals surface area contributed by atoms with Gasteiger partial charge in [0, 0.05) is 37.1 Å². The minimum Gasteiger partial charge on any atom is -0.359 e. The summed E-state index contributed by atoms with van der Waals surface area (Å²) in [5.74, 6) is 0.938. The van der Waals surface area contributed by atoms with Crippen LogP contribution in [0.3, 0.4) is 0 Å². The molecule has 1 aromatic heterocycles. The van der Waals surface area contributed by atoms with Crippen LogP contribution in [0.5, 0.6) is 0 Å². The zero-order valence-corrected chi connectivity index (χ0v) is 9.23. The van der Waals surface area contributed by atoms with Gasteiger partial charge in [-0.05, 0) is 12.8 Å². The second-order valence-electron chi connectivity index (χ2n) is 3.52. The Bertz CT molecular complexity index is 282. The smallest absolute Gasteiger partial charge is 0.202 e. The molecule has 0 aliphatic heterocycles. The van der Waals surface area contributed by atoms with Crippen LogP contribution in [0.4, 0.5) is 5.13 Å². The second kappa shape index (κ2) is 4.70. The van der Waals surface area contributed by atoms with Gasteiger partial charge in [0.1, 0.15) is 5.82 Å². The monoisotopic (exact) mass is 212 g/mol. The molecule has 1 aromatic rings. The van der Waals surface area contributed by atoms with Crippen LogP contribution in [0.2, 0.25) is 0 Å². The van der Waals surface area contributed by atoms with E-state index in [0.29, 0.717) is 0 Å². The first kappa shape index (κ1) is 9.86. The third-order valence-corrected chi connectivity index (χ3v) is 2.91. The van der Waals surface area contributed by atoms with Gasteiger partial charge in [-0.1, -0.05) is 6.92 Å². The maximum absolute atomic E-state index is 4.33. The summed E-state index contributed by atoms with van der Waals surface area (Å²) < 4.78 is 4.21. The van der Waals surface area contributed by atoms with Crippen LogP contribution in [0.15, 0.2) is 0 Å². The first-order chi connectivity index (χ1) is 6.88. The van der Waals surface area contributed by atoms with Crippen molar-refractivity contribution in [2.45, 2.75) is 32.2 Å². The van der Waals surface area contributed by atoms with Crippen molar-refractivity contribution in [3.8, 4) is 0 Å². The Labute approximate surface area is 88.3 Å². The molecule has 0 radical (unpaired) electrons. The summed E-state index contributed by atoms with van der Waals surface area (Å²) in [6.45, 7) is 4.03. The SMILES string of the molecule is CCc1nsc(NCCNC2CC2)n1. The molecule has 78 valence electrons.